The molecule has 2 aromatic rings. The standard InChI is InChI=1S/C15H15ClN2/c1-11-5-3-4-6-13(11)10-17-18-14-8-7-12(2)15(16)9-14/h3-10,18H,1-2H3/b17-10+. The van der Waals surface area contributed by atoms with Crippen molar-refractivity contribution in [1.29, 1.82) is 0 Å². The molecule has 3 heteroatoms. The Bertz CT molecular complexity index is 576. The summed E-state index contributed by atoms with van der Waals surface area (Å²) in [4.78, 5) is 0. The van der Waals surface area contributed by atoms with Crippen molar-refractivity contribution >= 4 is 23.5 Å². The number of hydrogen-bond donors (Lipinski definition) is 1. The van der Waals surface area contributed by atoms with Gasteiger partial charge in [0.1, 0.15) is 0 Å². The minimum atomic E-state index is 0.742. The molecule has 0 spiro atoms. The first-order valence-corrected chi connectivity index (χ1v) is 6.15. The van der Waals surface area contributed by atoms with Crippen molar-refractivity contribution in [2.24, 2.45) is 5.10 Å². The summed E-state index contributed by atoms with van der Waals surface area (Å²) in [5.41, 5.74) is 7.22. The molecule has 2 nitrogen and oxygen atoms in total. The minimum absolute atomic E-state index is 0.742. The summed E-state index contributed by atoms with van der Waals surface area (Å²) in [5, 5.41) is 4.95. The Morgan fingerprint density at radius 1 is 1.06 bits per heavy atom. The van der Waals surface area contributed by atoms with Gasteiger partial charge in [-0.3, -0.25) is 5.43 Å². The molecule has 0 bridgehead atoms. The van der Waals surface area contributed by atoms with Gasteiger partial charge in [0, 0.05) is 5.02 Å². The third-order valence-corrected chi connectivity index (χ3v) is 3.16. The summed E-state index contributed by atoms with van der Waals surface area (Å²) in [6, 6.07) is 13.9. The average molecular weight is 259 g/mol. The summed E-state index contributed by atoms with van der Waals surface area (Å²) in [5.74, 6) is 0. The van der Waals surface area contributed by atoms with Gasteiger partial charge in [0.2, 0.25) is 0 Å². The maximum atomic E-state index is 6.04. The lowest BCUT2D eigenvalue weighted by Gasteiger charge is -2.03. The Kier molecular flexibility index (Phi) is 4.00. The van der Waals surface area contributed by atoms with Crippen molar-refractivity contribution in [3.63, 3.8) is 0 Å². The van der Waals surface area contributed by atoms with Crippen LogP contribution in [0, 0.1) is 13.8 Å². The molecule has 0 radical (unpaired) electrons. The molecule has 0 saturated heterocycles. The molecule has 18 heavy (non-hydrogen) atoms. The van der Waals surface area contributed by atoms with Crippen LogP contribution in [0.2, 0.25) is 5.02 Å². The summed E-state index contributed by atoms with van der Waals surface area (Å²) in [7, 11) is 0. The number of aryl methyl sites for hydroxylation is 2. The van der Waals surface area contributed by atoms with E-state index in [0.29, 0.717) is 0 Å². The van der Waals surface area contributed by atoms with Crippen LogP contribution in [-0.2, 0) is 0 Å². The van der Waals surface area contributed by atoms with Crippen LogP contribution >= 0.6 is 11.6 Å². The molecule has 1 N–H and O–H groups in total. The van der Waals surface area contributed by atoms with Gasteiger partial charge in [0.05, 0.1) is 11.9 Å². The average Bonchev–Trinajstić information content (AvgIpc) is 2.36. The predicted molar refractivity (Wildman–Crippen MR) is 78.6 cm³/mol. The Balaban J connectivity index is 2.07. The first kappa shape index (κ1) is 12.7. The van der Waals surface area contributed by atoms with Gasteiger partial charge in [0.15, 0.2) is 0 Å². The lowest BCUT2D eigenvalue weighted by Crippen LogP contribution is -1.92. The lowest BCUT2D eigenvalue weighted by atomic mass is 10.1. The molecule has 92 valence electrons. The number of nitrogens with one attached hydrogen (secondary N) is 1. The van der Waals surface area contributed by atoms with E-state index in [9.17, 15) is 0 Å². The van der Waals surface area contributed by atoms with Gasteiger partial charge in [-0.15, -0.1) is 0 Å². The van der Waals surface area contributed by atoms with Crippen molar-refractivity contribution in [3.05, 3.63) is 64.2 Å². The molecule has 2 rings (SSSR count). The molecule has 2 aromatic carbocycles. The fourth-order valence-electron chi connectivity index (χ4n) is 1.57. The molecule has 0 aliphatic heterocycles. The topological polar surface area (TPSA) is 24.4 Å². The van der Waals surface area contributed by atoms with Crippen molar-refractivity contribution in [1.82, 2.24) is 0 Å². The molecule has 0 aromatic heterocycles. The van der Waals surface area contributed by atoms with E-state index in [1.807, 2.05) is 49.5 Å². The van der Waals surface area contributed by atoms with Crippen LogP contribution in [0.4, 0.5) is 5.69 Å². The Morgan fingerprint density at radius 2 is 1.83 bits per heavy atom. The fraction of sp³-hybridized carbons (Fsp3) is 0.133. The smallest absolute Gasteiger partial charge is 0.0576 e. The number of benzene rings is 2. The maximum absolute atomic E-state index is 6.04. The molecule has 0 unspecified atom stereocenters. The normalized spacial score (nSPS) is 10.8. The van der Waals surface area contributed by atoms with E-state index in [1.54, 1.807) is 0 Å². The van der Waals surface area contributed by atoms with Gasteiger partial charge in [-0.2, -0.15) is 5.10 Å². The van der Waals surface area contributed by atoms with E-state index >= 15 is 0 Å². The number of hydrazone groups is 1. The highest BCUT2D eigenvalue weighted by molar-refractivity contribution is 6.31. The second-order valence-corrected chi connectivity index (χ2v) is 4.60. The minimum Gasteiger partial charge on any atom is -0.278 e. The highest BCUT2D eigenvalue weighted by Crippen LogP contribution is 2.19. The molecule has 0 fully saturated rings. The molecule has 0 heterocycles. The summed E-state index contributed by atoms with van der Waals surface area (Å²) < 4.78 is 0. The zero-order valence-electron chi connectivity index (χ0n) is 10.4. The third kappa shape index (κ3) is 3.11. The van der Waals surface area contributed by atoms with E-state index < -0.39 is 0 Å². The van der Waals surface area contributed by atoms with Gasteiger partial charge in [-0.25, -0.2) is 0 Å². The zero-order valence-corrected chi connectivity index (χ0v) is 11.2. The van der Waals surface area contributed by atoms with Gasteiger partial charge in [-0.1, -0.05) is 41.9 Å². The Labute approximate surface area is 112 Å². The summed E-state index contributed by atoms with van der Waals surface area (Å²) in [6.07, 6.45) is 1.81. The van der Waals surface area contributed by atoms with Crippen LogP contribution in [0.5, 0.6) is 0 Å². The highest BCUT2D eigenvalue weighted by atomic mass is 35.5. The quantitative estimate of drug-likeness (QED) is 0.640. The summed E-state index contributed by atoms with van der Waals surface area (Å²) >= 11 is 6.04. The van der Waals surface area contributed by atoms with E-state index in [-0.39, 0.29) is 0 Å². The fourth-order valence-corrected chi connectivity index (χ4v) is 1.75. The largest absolute Gasteiger partial charge is 0.278 e. The van der Waals surface area contributed by atoms with Crippen LogP contribution < -0.4 is 5.43 Å². The molecule has 0 atom stereocenters. The van der Waals surface area contributed by atoms with E-state index in [2.05, 4.69) is 23.5 Å². The molecule has 0 aliphatic rings. The number of halogens is 1. The number of nitrogens with zero attached hydrogens (tertiary/aromatic N) is 1. The molecule has 0 aliphatic carbocycles. The van der Waals surface area contributed by atoms with Crippen molar-refractivity contribution in [2.75, 3.05) is 5.43 Å². The van der Waals surface area contributed by atoms with Crippen molar-refractivity contribution in [3.8, 4) is 0 Å². The monoisotopic (exact) mass is 258 g/mol. The summed E-state index contributed by atoms with van der Waals surface area (Å²) in [6.45, 7) is 4.03. The third-order valence-electron chi connectivity index (χ3n) is 2.76. The molecule has 0 amide bonds. The highest BCUT2D eigenvalue weighted by Gasteiger charge is 1.96. The van der Waals surface area contributed by atoms with Crippen LogP contribution in [0.3, 0.4) is 0 Å². The number of anilines is 1. The SMILES string of the molecule is Cc1ccc(N/N=C/c2ccccc2C)cc1Cl. The Morgan fingerprint density at radius 3 is 2.56 bits per heavy atom. The van der Waals surface area contributed by atoms with Crippen molar-refractivity contribution < 1.29 is 0 Å². The van der Waals surface area contributed by atoms with Gasteiger partial charge in [0.25, 0.3) is 0 Å². The van der Waals surface area contributed by atoms with Gasteiger partial charge < -0.3 is 0 Å². The number of hydrogen-bond acceptors (Lipinski definition) is 2. The first-order valence-electron chi connectivity index (χ1n) is 5.77. The van der Waals surface area contributed by atoms with Crippen LogP contribution in [-0.4, -0.2) is 6.21 Å². The second-order valence-electron chi connectivity index (χ2n) is 4.19. The van der Waals surface area contributed by atoms with Gasteiger partial charge in [-0.05, 0) is 42.7 Å². The van der Waals surface area contributed by atoms with Crippen molar-refractivity contribution in [2.45, 2.75) is 13.8 Å². The van der Waals surface area contributed by atoms with E-state index in [1.165, 1.54) is 5.56 Å². The molecular weight excluding hydrogens is 244 g/mol. The van der Waals surface area contributed by atoms with Crippen LogP contribution in [0.15, 0.2) is 47.6 Å². The zero-order chi connectivity index (χ0) is 13.0. The lowest BCUT2D eigenvalue weighted by molar-refractivity contribution is 1.33. The second kappa shape index (κ2) is 5.69. The maximum Gasteiger partial charge on any atom is 0.0576 e. The first-order chi connectivity index (χ1) is 8.66. The molecular formula is C15H15ClN2. The van der Waals surface area contributed by atoms with E-state index in [0.717, 1.165) is 21.8 Å². The van der Waals surface area contributed by atoms with Crippen LogP contribution in [0.25, 0.3) is 0 Å². The molecule has 0 saturated carbocycles. The van der Waals surface area contributed by atoms with E-state index in [4.69, 9.17) is 11.6 Å². The number of rotatable bonds is 3. The van der Waals surface area contributed by atoms with Crippen LogP contribution in [0.1, 0.15) is 16.7 Å². The van der Waals surface area contributed by atoms with Gasteiger partial charge >= 0.3 is 0 Å². The Hall–Kier alpha value is -1.80. The predicted octanol–water partition coefficient (Wildman–Crippen LogP) is 4.40.